The van der Waals surface area contributed by atoms with Gasteiger partial charge in [0.2, 0.25) is 0 Å². The summed E-state index contributed by atoms with van der Waals surface area (Å²) >= 11 is 0. The van der Waals surface area contributed by atoms with Crippen LogP contribution in [0.5, 0.6) is 0 Å². The van der Waals surface area contributed by atoms with E-state index in [9.17, 15) is 9.18 Å². The molecule has 0 fully saturated rings. The van der Waals surface area contributed by atoms with Crippen molar-refractivity contribution < 1.29 is 13.6 Å². The van der Waals surface area contributed by atoms with Crippen LogP contribution in [-0.2, 0) is 13.1 Å². The molecule has 124 valence electrons. The number of carbonyl (C=O) groups is 1. The monoisotopic (exact) mass is 327 g/mol. The van der Waals surface area contributed by atoms with Crippen LogP contribution < -0.4 is 0 Å². The SMILES string of the molecule is O=C(c1ccco1)N(CCCn1ccnc1)Cc1ccc(F)cc1. The second-order valence-corrected chi connectivity index (χ2v) is 5.48. The maximum atomic E-state index is 13.1. The van der Waals surface area contributed by atoms with Gasteiger partial charge >= 0.3 is 0 Å². The molecule has 0 saturated heterocycles. The number of aryl methyl sites for hydroxylation is 1. The molecule has 0 spiro atoms. The van der Waals surface area contributed by atoms with Crippen molar-refractivity contribution in [3.8, 4) is 0 Å². The minimum atomic E-state index is -0.289. The average Bonchev–Trinajstić information content (AvgIpc) is 3.29. The lowest BCUT2D eigenvalue weighted by Crippen LogP contribution is -2.31. The molecule has 3 aromatic rings. The number of carbonyl (C=O) groups excluding carboxylic acids is 1. The molecule has 1 aromatic carbocycles. The van der Waals surface area contributed by atoms with Crippen molar-refractivity contribution in [1.29, 1.82) is 0 Å². The van der Waals surface area contributed by atoms with Gasteiger partial charge in [0.05, 0.1) is 12.6 Å². The predicted octanol–water partition coefficient (Wildman–Crippen LogP) is 3.35. The van der Waals surface area contributed by atoms with Gasteiger partial charge in [0.25, 0.3) is 5.91 Å². The Morgan fingerprint density at radius 2 is 2.08 bits per heavy atom. The molecule has 6 heteroatoms. The summed E-state index contributed by atoms with van der Waals surface area (Å²) in [4.78, 5) is 18.3. The zero-order chi connectivity index (χ0) is 16.8. The van der Waals surface area contributed by atoms with E-state index in [0.29, 0.717) is 18.8 Å². The van der Waals surface area contributed by atoms with Crippen molar-refractivity contribution in [3.05, 3.63) is 78.5 Å². The first-order chi connectivity index (χ1) is 11.7. The second-order valence-electron chi connectivity index (χ2n) is 5.48. The molecular formula is C18H18FN3O2. The molecule has 0 unspecified atom stereocenters. The van der Waals surface area contributed by atoms with E-state index in [1.807, 2.05) is 10.8 Å². The number of amides is 1. The van der Waals surface area contributed by atoms with E-state index in [0.717, 1.165) is 18.5 Å². The molecule has 0 aliphatic carbocycles. The number of halogens is 1. The molecule has 0 radical (unpaired) electrons. The fraction of sp³-hybridized carbons (Fsp3) is 0.222. The Morgan fingerprint density at radius 3 is 2.75 bits per heavy atom. The summed E-state index contributed by atoms with van der Waals surface area (Å²) in [6, 6.07) is 9.51. The highest BCUT2D eigenvalue weighted by atomic mass is 19.1. The normalized spacial score (nSPS) is 10.7. The number of aromatic nitrogens is 2. The Morgan fingerprint density at radius 1 is 1.25 bits per heavy atom. The van der Waals surface area contributed by atoms with Gasteiger partial charge in [0.15, 0.2) is 5.76 Å². The first-order valence-corrected chi connectivity index (χ1v) is 7.75. The first kappa shape index (κ1) is 16.0. The third kappa shape index (κ3) is 4.10. The van der Waals surface area contributed by atoms with Crippen molar-refractivity contribution in [3.63, 3.8) is 0 Å². The summed E-state index contributed by atoms with van der Waals surface area (Å²) in [5.41, 5.74) is 0.874. The fourth-order valence-electron chi connectivity index (χ4n) is 2.48. The Bertz CT molecular complexity index is 752. The Labute approximate surface area is 139 Å². The van der Waals surface area contributed by atoms with E-state index >= 15 is 0 Å². The summed E-state index contributed by atoms with van der Waals surface area (Å²) in [5, 5.41) is 0. The van der Waals surface area contributed by atoms with Gasteiger partial charge < -0.3 is 13.9 Å². The van der Waals surface area contributed by atoms with Gasteiger partial charge in [-0.1, -0.05) is 12.1 Å². The molecule has 1 amide bonds. The average molecular weight is 327 g/mol. The van der Waals surface area contributed by atoms with E-state index < -0.39 is 0 Å². The maximum Gasteiger partial charge on any atom is 0.289 e. The Kier molecular flexibility index (Phi) is 5.05. The van der Waals surface area contributed by atoms with Gasteiger partial charge in [-0.15, -0.1) is 0 Å². The summed E-state index contributed by atoms with van der Waals surface area (Å²) < 4.78 is 20.2. The Balaban J connectivity index is 1.67. The molecule has 5 nitrogen and oxygen atoms in total. The molecule has 0 saturated carbocycles. The minimum absolute atomic E-state index is 0.171. The summed E-state index contributed by atoms with van der Waals surface area (Å²) in [6.07, 6.45) is 7.63. The van der Waals surface area contributed by atoms with E-state index in [2.05, 4.69) is 4.98 Å². The number of nitrogens with zero attached hydrogens (tertiary/aromatic N) is 3. The van der Waals surface area contributed by atoms with Crippen molar-refractivity contribution in [2.24, 2.45) is 0 Å². The molecule has 2 heterocycles. The van der Waals surface area contributed by atoms with Gasteiger partial charge in [-0.2, -0.15) is 0 Å². The lowest BCUT2D eigenvalue weighted by atomic mass is 10.2. The van der Waals surface area contributed by atoms with Crippen LogP contribution in [0.4, 0.5) is 4.39 Å². The van der Waals surface area contributed by atoms with Gasteiger partial charge in [0.1, 0.15) is 5.82 Å². The summed E-state index contributed by atoms with van der Waals surface area (Å²) in [5.74, 6) is -0.155. The molecule has 24 heavy (non-hydrogen) atoms. The summed E-state index contributed by atoms with van der Waals surface area (Å²) in [6.45, 7) is 1.74. The third-order valence-electron chi connectivity index (χ3n) is 3.71. The van der Waals surface area contributed by atoms with E-state index in [4.69, 9.17) is 4.42 Å². The molecular weight excluding hydrogens is 309 g/mol. The molecule has 0 N–H and O–H groups in total. The highest BCUT2D eigenvalue weighted by molar-refractivity contribution is 5.91. The van der Waals surface area contributed by atoms with Gasteiger partial charge in [-0.05, 0) is 36.2 Å². The third-order valence-corrected chi connectivity index (χ3v) is 3.71. The van der Waals surface area contributed by atoms with Gasteiger partial charge in [-0.3, -0.25) is 4.79 Å². The lowest BCUT2D eigenvalue weighted by Gasteiger charge is -2.22. The fourth-order valence-corrected chi connectivity index (χ4v) is 2.48. The van der Waals surface area contributed by atoms with E-state index in [-0.39, 0.29) is 11.7 Å². The number of furan rings is 1. The van der Waals surface area contributed by atoms with Crippen molar-refractivity contribution >= 4 is 5.91 Å². The van der Waals surface area contributed by atoms with Crippen LogP contribution >= 0.6 is 0 Å². The topological polar surface area (TPSA) is 51.3 Å². The molecule has 0 bridgehead atoms. The zero-order valence-corrected chi connectivity index (χ0v) is 13.1. The number of hydrogen-bond acceptors (Lipinski definition) is 3. The number of benzene rings is 1. The Hall–Kier alpha value is -2.89. The molecule has 0 aliphatic heterocycles. The highest BCUT2D eigenvalue weighted by Gasteiger charge is 2.18. The molecule has 3 rings (SSSR count). The van der Waals surface area contributed by atoms with Crippen molar-refractivity contribution in [1.82, 2.24) is 14.5 Å². The number of hydrogen-bond donors (Lipinski definition) is 0. The molecule has 2 aromatic heterocycles. The standard InChI is InChI=1S/C18H18FN3O2/c19-16-6-4-15(5-7-16)13-22(18(23)17-3-1-12-24-17)10-2-9-21-11-8-20-14-21/h1,3-8,11-12,14H,2,9-10,13H2. The zero-order valence-electron chi connectivity index (χ0n) is 13.1. The largest absolute Gasteiger partial charge is 0.459 e. The van der Waals surface area contributed by atoms with Crippen LogP contribution in [0.15, 0.2) is 65.8 Å². The van der Waals surface area contributed by atoms with Crippen LogP contribution in [0.3, 0.4) is 0 Å². The van der Waals surface area contributed by atoms with Crippen LogP contribution in [0.2, 0.25) is 0 Å². The quantitative estimate of drug-likeness (QED) is 0.669. The second kappa shape index (κ2) is 7.59. The number of rotatable bonds is 7. The predicted molar refractivity (Wildman–Crippen MR) is 86.7 cm³/mol. The van der Waals surface area contributed by atoms with Crippen LogP contribution in [0.1, 0.15) is 22.5 Å². The molecule has 0 atom stereocenters. The van der Waals surface area contributed by atoms with Crippen molar-refractivity contribution in [2.45, 2.75) is 19.5 Å². The van der Waals surface area contributed by atoms with Crippen LogP contribution in [0, 0.1) is 5.82 Å². The van der Waals surface area contributed by atoms with Crippen LogP contribution in [-0.4, -0.2) is 26.9 Å². The van der Waals surface area contributed by atoms with E-state index in [1.165, 1.54) is 18.4 Å². The first-order valence-electron chi connectivity index (χ1n) is 7.75. The van der Waals surface area contributed by atoms with Crippen LogP contribution in [0.25, 0.3) is 0 Å². The highest BCUT2D eigenvalue weighted by Crippen LogP contribution is 2.12. The van der Waals surface area contributed by atoms with Crippen molar-refractivity contribution in [2.75, 3.05) is 6.54 Å². The number of imidazole rings is 1. The van der Waals surface area contributed by atoms with Gasteiger partial charge in [-0.25, -0.2) is 9.37 Å². The summed E-state index contributed by atoms with van der Waals surface area (Å²) in [7, 11) is 0. The van der Waals surface area contributed by atoms with Gasteiger partial charge in [0, 0.05) is 32.0 Å². The minimum Gasteiger partial charge on any atom is -0.459 e. The molecule has 0 aliphatic rings. The van der Waals surface area contributed by atoms with E-state index in [1.54, 1.807) is 41.7 Å². The smallest absolute Gasteiger partial charge is 0.289 e. The maximum absolute atomic E-state index is 13.1. The lowest BCUT2D eigenvalue weighted by molar-refractivity contribution is 0.0707.